The third kappa shape index (κ3) is 5.26. The highest BCUT2D eigenvalue weighted by Gasteiger charge is 2.74. The van der Waals surface area contributed by atoms with Crippen molar-refractivity contribution in [1.29, 1.82) is 0 Å². The van der Waals surface area contributed by atoms with Gasteiger partial charge in [-0.2, -0.15) is 0 Å². The number of nitrogens with zero attached hydrogens (tertiary/aromatic N) is 4. The predicted octanol–water partition coefficient (Wildman–Crippen LogP) is 9.21. The average Bonchev–Trinajstić information content (AvgIpc) is 3.68. The number of Topliss-reactive ketones (excluding diaryl/α,β-unsaturated/α-hetero) is 1. The highest BCUT2D eigenvalue weighted by Crippen LogP contribution is 2.80. The number of carbonyl (C=O) groups excluding carboxylic acids is 2. The molecule has 2 aromatic rings. The molecule has 0 amide bonds. The normalized spacial score (nSPS) is 37.8. The van der Waals surface area contributed by atoms with Gasteiger partial charge in [-0.15, -0.1) is 10.2 Å². The van der Waals surface area contributed by atoms with Crippen LogP contribution in [-0.4, -0.2) is 49.1 Å². The summed E-state index contributed by atoms with van der Waals surface area (Å²) in [5.74, 6) is 0.619. The number of ether oxygens (including phenoxy) is 1. The van der Waals surface area contributed by atoms with E-state index in [1.54, 1.807) is 13.8 Å². The molecule has 0 saturated heterocycles. The Morgan fingerprint density at radius 1 is 0.962 bits per heavy atom. The van der Waals surface area contributed by atoms with Gasteiger partial charge in [-0.3, -0.25) is 14.4 Å². The Kier molecular flexibility index (Phi) is 8.77. The minimum atomic E-state index is -1.18. The predicted molar refractivity (Wildman–Crippen MR) is 200 cm³/mol. The first-order valence-electron chi connectivity index (χ1n) is 19.6. The SMILES string of the molecule is CC(C)C1=C2[C@@](c3nnc(-c4ncc(Cl)cn4)o3)(CC[C@]3(C)[C@]2(C)CC[C@@H]2[C@@]4(C)CC[C@H](OC(=O)CC(C)(C)C(=O)O)C(C)(C)[C@@H]4CC[C@]23C)CC1=O. The molecule has 0 aliphatic heterocycles. The van der Waals surface area contributed by atoms with Gasteiger partial charge < -0.3 is 14.3 Å². The van der Waals surface area contributed by atoms with Crippen LogP contribution in [0.25, 0.3) is 11.7 Å². The maximum atomic E-state index is 14.2. The van der Waals surface area contributed by atoms with E-state index in [2.05, 4.69) is 75.6 Å². The first-order chi connectivity index (χ1) is 24.6. The van der Waals surface area contributed by atoms with Crippen LogP contribution in [0.2, 0.25) is 5.02 Å². The molecule has 2 heterocycles. The number of hydrogen-bond donors (Lipinski definition) is 1. The van der Waals surface area contributed by atoms with Crippen LogP contribution in [0, 0.1) is 50.2 Å². The minimum absolute atomic E-state index is 0.0135. The summed E-state index contributed by atoms with van der Waals surface area (Å²) in [4.78, 5) is 47.8. The molecule has 10 nitrogen and oxygen atoms in total. The fourth-order valence-corrected chi connectivity index (χ4v) is 13.3. The van der Waals surface area contributed by atoms with Crippen LogP contribution < -0.4 is 0 Å². The lowest BCUT2D eigenvalue weighted by Crippen LogP contribution is -2.68. The molecule has 4 saturated carbocycles. The second-order valence-corrected chi connectivity index (χ2v) is 20.2. The first-order valence-corrected chi connectivity index (χ1v) is 20.0. The summed E-state index contributed by atoms with van der Waals surface area (Å²) in [6, 6.07) is 0. The van der Waals surface area contributed by atoms with Gasteiger partial charge in [0, 0.05) is 24.2 Å². The Bertz CT molecular complexity index is 1880. The van der Waals surface area contributed by atoms with Crippen molar-refractivity contribution < 1.29 is 28.6 Å². The Balaban J connectivity index is 1.23. The van der Waals surface area contributed by atoms with Gasteiger partial charge in [0.1, 0.15) is 6.10 Å². The number of allylic oxidation sites excluding steroid dienone is 2. The van der Waals surface area contributed by atoms with Gasteiger partial charge in [0.2, 0.25) is 11.7 Å². The molecule has 0 radical (unpaired) electrons. The van der Waals surface area contributed by atoms with Gasteiger partial charge in [0.05, 0.1) is 22.3 Å². The van der Waals surface area contributed by atoms with Gasteiger partial charge in [-0.1, -0.05) is 67.0 Å². The molecule has 0 unspecified atom stereocenters. The number of carboxylic acids is 1. The van der Waals surface area contributed by atoms with Gasteiger partial charge in [0.25, 0.3) is 5.89 Å². The fraction of sp³-hybridized carbons (Fsp3) is 0.738. The summed E-state index contributed by atoms with van der Waals surface area (Å²) in [5, 5.41) is 19.1. The quantitative estimate of drug-likeness (QED) is 0.272. The lowest BCUT2D eigenvalue weighted by Gasteiger charge is -2.74. The highest BCUT2D eigenvalue weighted by molar-refractivity contribution is 6.30. The maximum Gasteiger partial charge on any atom is 0.309 e. The van der Waals surface area contributed by atoms with Crippen molar-refractivity contribution in [3.05, 3.63) is 34.5 Å². The molecule has 5 aliphatic carbocycles. The van der Waals surface area contributed by atoms with E-state index in [9.17, 15) is 19.5 Å². The van der Waals surface area contributed by atoms with E-state index in [-0.39, 0.29) is 57.2 Å². The second kappa shape index (κ2) is 12.2. The Morgan fingerprint density at radius 3 is 2.26 bits per heavy atom. The summed E-state index contributed by atoms with van der Waals surface area (Å²) in [6.07, 6.45) is 10.4. The molecule has 2 aromatic heterocycles. The number of aliphatic carboxylic acids is 1. The van der Waals surface area contributed by atoms with Crippen molar-refractivity contribution in [2.75, 3.05) is 0 Å². The van der Waals surface area contributed by atoms with E-state index in [0.29, 0.717) is 35.0 Å². The third-order valence-electron chi connectivity index (χ3n) is 16.2. The van der Waals surface area contributed by atoms with Crippen molar-refractivity contribution in [2.45, 2.75) is 145 Å². The van der Waals surface area contributed by atoms with Gasteiger partial charge in [-0.25, -0.2) is 9.97 Å². The standard InChI is InChI=1S/C42H57ClN4O6/c1-23(2)30-25(48)19-42(34-47-46-33(53-34)32-44-21-24(43)22-45-32)18-17-41(10)39(8)15-11-26-37(5,6)28(52-29(49)20-36(3,4)35(50)51)13-14-38(26,7)27(39)12-16-40(41,9)31(30)42/h21-23,26-28H,11-20H2,1-10H3,(H,50,51)/t26-,27+,28-,38-,39+,40+,41-,42+/m0/s1. The molecule has 5 aliphatic rings. The van der Waals surface area contributed by atoms with E-state index < -0.39 is 22.8 Å². The van der Waals surface area contributed by atoms with E-state index in [1.807, 2.05) is 0 Å². The molecule has 288 valence electrons. The number of rotatable bonds is 7. The molecule has 11 heteroatoms. The third-order valence-corrected chi connectivity index (χ3v) is 16.4. The second-order valence-electron chi connectivity index (χ2n) is 19.7. The van der Waals surface area contributed by atoms with Crippen molar-refractivity contribution in [2.24, 2.45) is 50.2 Å². The monoisotopic (exact) mass is 748 g/mol. The number of carbonyl (C=O) groups is 3. The van der Waals surface area contributed by atoms with Crippen LogP contribution in [0.15, 0.2) is 28.0 Å². The fourth-order valence-electron chi connectivity index (χ4n) is 13.2. The van der Waals surface area contributed by atoms with Crippen LogP contribution in [0.3, 0.4) is 0 Å². The summed E-state index contributed by atoms with van der Waals surface area (Å²) in [7, 11) is 0. The summed E-state index contributed by atoms with van der Waals surface area (Å²) in [5.41, 5.74) is -0.337. The van der Waals surface area contributed by atoms with Crippen LogP contribution in [0.4, 0.5) is 0 Å². The molecular formula is C42H57ClN4O6. The maximum absolute atomic E-state index is 14.2. The number of halogens is 1. The van der Waals surface area contributed by atoms with E-state index >= 15 is 0 Å². The highest BCUT2D eigenvalue weighted by atomic mass is 35.5. The van der Waals surface area contributed by atoms with Crippen molar-refractivity contribution >= 4 is 29.3 Å². The molecule has 1 N–H and O–H groups in total. The zero-order chi connectivity index (χ0) is 38.7. The van der Waals surface area contributed by atoms with Gasteiger partial charge >= 0.3 is 11.9 Å². The Hall–Kier alpha value is -3.14. The molecule has 0 bridgehead atoms. The van der Waals surface area contributed by atoms with Crippen LogP contribution in [0.5, 0.6) is 0 Å². The van der Waals surface area contributed by atoms with Crippen molar-refractivity contribution in [1.82, 2.24) is 20.2 Å². The van der Waals surface area contributed by atoms with Crippen molar-refractivity contribution in [3.63, 3.8) is 0 Å². The number of ketones is 1. The first kappa shape index (κ1) is 38.1. The molecule has 4 fully saturated rings. The molecular weight excluding hydrogens is 692 g/mol. The zero-order valence-electron chi connectivity index (χ0n) is 33.2. The molecule has 0 spiro atoms. The molecule has 53 heavy (non-hydrogen) atoms. The molecule has 0 aromatic carbocycles. The van der Waals surface area contributed by atoms with Gasteiger partial charge in [-0.05, 0) is 116 Å². The zero-order valence-corrected chi connectivity index (χ0v) is 33.9. The lowest BCUT2D eigenvalue weighted by molar-refractivity contribution is -0.248. The summed E-state index contributed by atoms with van der Waals surface area (Å²) >= 11 is 6.06. The summed E-state index contributed by atoms with van der Waals surface area (Å²) in [6.45, 7) is 22.0. The smallest absolute Gasteiger partial charge is 0.309 e. The Labute approximate surface area is 318 Å². The number of esters is 1. The van der Waals surface area contributed by atoms with E-state index in [1.165, 1.54) is 18.0 Å². The van der Waals surface area contributed by atoms with Crippen LogP contribution in [0.1, 0.15) is 139 Å². The topological polar surface area (TPSA) is 145 Å². The number of hydrogen-bond acceptors (Lipinski definition) is 9. The molecule has 8 atom stereocenters. The average molecular weight is 749 g/mol. The van der Waals surface area contributed by atoms with Gasteiger partial charge in [0.15, 0.2) is 5.78 Å². The largest absolute Gasteiger partial charge is 0.481 e. The minimum Gasteiger partial charge on any atom is -0.481 e. The number of aromatic nitrogens is 4. The molecule has 7 rings (SSSR count). The van der Waals surface area contributed by atoms with Crippen LogP contribution in [-0.2, 0) is 24.5 Å². The van der Waals surface area contributed by atoms with E-state index in [4.69, 9.17) is 20.8 Å². The Morgan fingerprint density at radius 2 is 1.62 bits per heavy atom. The number of carboxylic acid groups (broad SMARTS) is 1. The van der Waals surface area contributed by atoms with E-state index in [0.717, 1.165) is 56.9 Å². The summed E-state index contributed by atoms with van der Waals surface area (Å²) < 4.78 is 12.6. The van der Waals surface area contributed by atoms with Crippen LogP contribution >= 0.6 is 11.6 Å². The lowest BCUT2D eigenvalue weighted by atomic mass is 9.30. The van der Waals surface area contributed by atoms with Crippen molar-refractivity contribution in [3.8, 4) is 11.7 Å². The number of fused-ring (bicyclic) bond motifs is 7.